The molecular formula is C11H7F3INO2S. The van der Waals surface area contributed by atoms with Crippen molar-refractivity contribution < 1.29 is 22.7 Å². The lowest BCUT2D eigenvalue weighted by molar-refractivity contribution is -0.0328. The van der Waals surface area contributed by atoms with E-state index >= 15 is 0 Å². The van der Waals surface area contributed by atoms with E-state index in [2.05, 4.69) is 0 Å². The average Bonchev–Trinajstić information content (AvgIpc) is 2.25. The van der Waals surface area contributed by atoms with Crippen molar-refractivity contribution in [3.05, 3.63) is 26.8 Å². The third-order valence-corrected chi connectivity index (χ3v) is 3.45. The summed E-state index contributed by atoms with van der Waals surface area (Å²) in [6.45, 7) is 1.73. The number of halogens is 4. The van der Waals surface area contributed by atoms with Crippen LogP contribution in [0.5, 0.6) is 0 Å². The molecule has 102 valence electrons. The van der Waals surface area contributed by atoms with Gasteiger partial charge in [0.1, 0.15) is 6.07 Å². The van der Waals surface area contributed by atoms with Gasteiger partial charge in [0.2, 0.25) is 0 Å². The van der Waals surface area contributed by atoms with Gasteiger partial charge in [0.25, 0.3) is 0 Å². The molecule has 0 fully saturated rings. The molecule has 1 aromatic rings. The maximum atomic E-state index is 12.3. The highest BCUT2D eigenvalue weighted by atomic mass is 127. The van der Waals surface area contributed by atoms with Gasteiger partial charge in [-0.1, -0.05) is 0 Å². The minimum Gasteiger partial charge on any atom is -0.462 e. The number of nitriles is 1. The number of nitrogens with zero attached hydrogens (tertiary/aromatic N) is 1. The van der Waals surface area contributed by atoms with Gasteiger partial charge in [-0.2, -0.15) is 18.4 Å². The highest BCUT2D eigenvalue weighted by Crippen LogP contribution is 2.38. The topological polar surface area (TPSA) is 50.1 Å². The molecule has 1 aromatic carbocycles. The fourth-order valence-corrected chi connectivity index (χ4v) is 2.95. The number of benzene rings is 1. The number of rotatable bonds is 3. The molecule has 0 amide bonds. The molecule has 0 aliphatic heterocycles. The lowest BCUT2D eigenvalue weighted by Crippen LogP contribution is -2.10. The van der Waals surface area contributed by atoms with E-state index in [1.54, 1.807) is 35.6 Å². The number of hydrogen-bond acceptors (Lipinski definition) is 4. The normalized spacial score (nSPS) is 10.9. The molecule has 0 saturated carbocycles. The van der Waals surface area contributed by atoms with Crippen molar-refractivity contribution in [3.8, 4) is 6.07 Å². The Morgan fingerprint density at radius 3 is 2.63 bits per heavy atom. The van der Waals surface area contributed by atoms with E-state index in [9.17, 15) is 18.0 Å². The second kappa shape index (κ2) is 6.47. The molecule has 0 atom stereocenters. The minimum absolute atomic E-state index is 0.00326. The van der Waals surface area contributed by atoms with Gasteiger partial charge in [0, 0.05) is 8.47 Å². The maximum Gasteiger partial charge on any atom is 0.446 e. The molecule has 1 rings (SSSR count). The Morgan fingerprint density at radius 1 is 1.53 bits per heavy atom. The largest absolute Gasteiger partial charge is 0.462 e. The predicted molar refractivity (Wildman–Crippen MR) is 71.7 cm³/mol. The standard InChI is InChI=1S/C11H7F3INO2S/c1-2-18-10(17)9-6(5-16)3-7(4-8(9)15)19-11(12,13)14/h3-4H,2H2,1H3. The van der Waals surface area contributed by atoms with E-state index < -0.39 is 11.5 Å². The van der Waals surface area contributed by atoms with Gasteiger partial charge in [-0.15, -0.1) is 0 Å². The van der Waals surface area contributed by atoms with Crippen LogP contribution in [-0.4, -0.2) is 18.1 Å². The summed E-state index contributed by atoms with van der Waals surface area (Å²) in [5.74, 6) is -0.716. The monoisotopic (exact) mass is 401 g/mol. The van der Waals surface area contributed by atoms with E-state index in [-0.39, 0.29) is 38.0 Å². The summed E-state index contributed by atoms with van der Waals surface area (Å²) in [5.41, 5.74) is -4.57. The van der Waals surface area contributed by atoms with Crippen molar-refractivity contribution >= 4 is 40.3 Å². The summed E-state index contributed by atoms with van der Waals surface area (Å²) in [6, 6.07) is 3.95. The van der Waals surface area contributed by atoms with Crippen LogP contribution in [0.15, 0.2) is 17.0 Å². The second-order valence-electron chi connectivity index (χ2n) is 3.21. The number of hydrogen-bond donors (Lipinski definition) is 0. The van der Waals surface area contributed by atoms with Gasteiger partial charge in [0.05, 0.1) is 17.7 Å². The zero-order valence-corrected chi connectivity index (χ0v) is 12.5. The summed E-state index contributed by atoms with van der Waals surface area (Å²) in [7, 11) is 0. The molecule has 0 N–H and O–H groups in total. The first kappa shape index (κ1) is 16.1. The zero-order valence-electron chi connectivity index (χ0n) is 9.55. The van der Waals surface area contributed by atoms with E-state index in [1.165, 1.54) is 6.07 Å². The van der Waals surface area contributed by atoms with E-state index in [4.69, 9.17) is 10.00 Å². The fourth-order valence-electron chi connectivity index (χ4n) is 1.27. The number of thioether (sulfide) groups is 1. The minimum atomic E-state index is -4.44. The van der Waals surface area contributed by atoms with Gasteiger partial charge < -0.3 is 4.74 Å². The molecule has 0 radical (unpaired) electrons. The summed E-state index contributed by atoms with van der Waals surface area (Å²) in [6.07, 6.45) is 0. The second-order valence-corrected chi connectivity index (χ2v) is 5.51. The molecule has 19 heavy (non-hydrogen) atoms. The number of carbonyl (C=O) groups excluding carboxylic acids is 1. The zero-order chi connectivity index (χ0) is 14.6. The van der Waals surface area contributed by atoms with Crippen LogP contribution in [0, 0.1) is 14.9 Å². The van der Waals surface area contributed by atoms with Crippen LogP contribution in [0.4, 0.5) is 13.2 Å². The number of alkyl halides is 3. The molecule has 0 aliphatic carbocycles. The summed E-state index contributed by atoms with van der Waals surface area (Å²) in [4.78, 5) is 11.5. The fraction of sp³-hybridized carbons (Fsp3) is 0.273. The molecule has 0 spiro atoms. The number of esters is 1. The van der Waals surface area contributed by atoms with Crippen LogP contribution in [0.1, 0.15) is 22.8 Å². The Bertz CT molecular complexity index is 540. The molecule has 0 unspecified atom stereocenters. The van der Waals surface area contributed by atoms with Crippen LogP contribution < -0.4 is 0 Å². The third kappa shape index (κ3) is 4.58. The van der Waals surface area contributed by atoms with Gasteiger partial charge in [-0.25, -0.2) is 4.79 Å². The van der Waals surface area contributed by atoms with Crippen LogP contribution in [-0.2, 0) is 4.74 Å². The Balaban J connectivity index is 3.23. The van der Waals surface area contributed by atoms with Crippen LogP contribution in [0.25, 0.3) is 0 Å². The lowest BCUT2D eigenvalue weighted by atomic mass is 10.1. The van der Waals surface area contributed by atoms with Gasteiger partial charge in [-0.05, 0) is 53.4 Å². The quantitative estimate of drug-likeness (QED) is 0.437. The Labute approximate surface area is 125 Å². The third-order valence-electron chi connectivity index (χ3n) is 1.90. The van der Waals surface area contributed by atoms with Gasteiger partial charge in [-0.3, -0.25) is 0 Å². The maximum absolute atomic E-state index is 12.3. The lowest BCUT2D eigenvalue weighted by Gasteiger charge is -2.10. The molecule has 0 saturated heterocycles. The summed E-state index contributed by atoms with van der Waals surface area (Å²) in [5, 5.41) is 8.93. The van der Waals surface area contributed by atoms with E-state index in [1.807, 2.05) is 0 Å². The smallest absolute Gasteiger partial charge is 0.446 e. The molecule has 0 aliphatic rings. The predicted octanol–water partition coefficient (Wildman–Crippen LogP) is 3.95. The van der Waals surface area contributed by atoms with Crippen molar-refractivity contribution in [2.75, 3.05) is 6.61 Å². The first-order chi connectivity index (χ1) is 8.78. The molecule has 0 aromatic heterocycles. The Kier molecular flexibility index (Phi) is 5.49. The number of carbonyl (C=O) groups is 1. The molecule has 3 nitrogen and oxygen atoms in total. The van der Waals surface area contributed by atoms with Crippen molar-refractivity contribution in [1.29, 1.82) is 5.26 Å². The van der Waals surface area contributed by atoms with E-state index in [0.717, 1.165) is 6.07 Å². The van der Waals surface area contributed by atoms with Crippen molar-refractivity contribution in [1.82, 2.24) is 0 Å². The highest BCUT2D eigenvalue weighted by molar-refractivity contribution is 14.1. The number of ether oxygens (including phenoxy) is 1. The summed E-state index contributed by atoms with van der Waals surface area (Å²) >= 11 is 1.38. The Hall–Kier alpha value is -0.950. The first-order valence-electron chi connectivity index (χ1n) is 4.95. The van der Waals surface area contributed by atoms with Gasteiger partial charge >= 0.3 is 11.5 Å². The summed E-state index contributed by atoms with van der Waals surface area (Å²) < 4.78 is 41.8. The van der Waals surface area contributed by atoms with E-state index in [0.29, 0.717) is 0 Å². The molecular weight excluding hydrogens is 394 g/mol. The van der Waals surface area contributed by atoms with Crippen LogP contribution in [0.2, 0.25) is 0 Å². The molecule has 0 heterocycles. The SMILES string of the molecule is CCOC(=O)c1c(I)cc(SC(F)(F)F)cc1C#N. The average molecular weight is 401 g/mol. The molecule has 0 bridgehead atoms. The van der Waals surface area contributed by atoms with Gasteiger partial charge in [0.15, 0.2) is 0 Å². The molecule has 8 heteroatoms. The van der Waals surface area contributed by atoms with Crippen molar-refractivity contribution in [2.24, 2.45) is 0 Å². The van der Waals surface area contributed by atoms with Crippen LogP contribution in [0.3, 0.4) is 0 Å². The van der Waals surface area contributed by atoms with Crippen LogP contribution >= 0.6 is 34.4 Å². The van der Waals surface area contributed by atoms with Crippen molar-refractivity contribution in [3.63, 3.8) is 0 Å². The highest BCUT2D eigenvalue weighted by Gasteiger charge is 2.30. The Morgan fingerprint density at radius 2 is 2.16 bits per heavy atom. The first-order valence-corrected chi connectivity index (χ1v) is 6.84. The van der Waals surface area contributed by atoms with Crippen molar-refractivity contribution in [2.45, 2.75) is 17.3 Å².